The Morgan fingerprint density at radius 2 is 2.35 bits per heavy atom. The van der Waals surface area contributed by atoms with E-state index in [4.69, 9.17) is 5.84 Å². The van der Waals surface area contributed by atoms with Crippen LogP contribution >= 0.6 is 0 Å². The maximum absolute atomic E-state index is 5.42. The van der Waals surface area contributed by atoms with E-state index in [2.05, 4.69) is 34.1 Å². The lowest BCUT2D eigenvalue weighted by molar-refractivity contribution is 0.657. The van der Waals surface area contributed by atoms with E-state index in [1.54, 1.807) is 6.20 Å². The Morgan fingerprint density at radius 3 is 3.00 bits per heavy atom. The minimum Gasteiger partial charge on any atom is -0.354 e. The van der Waals surface area contributed by atoms with Crippen LogP contribution < -0.4 is 16.2 Å². The summed E-state index contributed by atoms with van der Waals surface area (Å²) in [6.45, 7) is 4.30. The molecule has 92 valence electrons. The Kier molecular flexibility index (Phi) is 3.14. The topological polar surface area (TPSA) is 71.5 Å². The molecule has 0 aromatic carbocycles. The third kappa shape index (κ3) is 2.03. The van der Waals surface area contributed by atoms with Crippen molar-refractivity contribution in [3.63, 3.8) is 0 Å². The van der Waals surface area contributed by atoms with Crippen molar-refractivity contribution in [1.82, 2.24) is 14.4 Å². The molecule has 0 amide bonds. The van der Waals surface area contributed by atoms with Crippen LogP contribution in [0.25, 0.3) is 5.65 Å². The van der Waals surface area contributed by atoms with Crippen molar-refractivity contribution >= 4 is 17.3 Å². The number of nitrogen functional groups attached to an aromatic ring is 1. The first-order valence-electron chi connectivity index (χ1n) is 5.70. The first-order chi connectivity index (χ1) is 8.17. The summed E-state index contributed by atoms with van der Waals surface area (Å²) in [7, 11) is 2.02. The molecule has 6 heteroatoms. The van der Waals surface area contributed by atoms with E-state index < -0.39 is 0 Å². The van der Waals surface area contributed by atoms with Crippen LogP contribution in [0.5, 0.6) is 0 Å². The summed E-state index contributed by atoms with van der Waals surface area (Å²) in [4.78, 5) is 10.9. The highest BCUT2D eigenvalue weighted by molar-refractivity contribution is 5.66. The fourth-order valence-corrected chi connectivity index (χ4v) is 1.70. The summed E-state index contributed by atoms with van der Waals surface area (Å²) in [5.74, 6) is 6.88. The predicted molar refractivity (Wildman–Crippen MR) is 69.0 cm³/mol. The number of nitrogens with one attached hydrogen (secondary N) is 1. The van der Waals surface area contributed by atoms with Crippen LogP contribution in [0.15, 0.2) is 18.6 Å². The van der Waals surface area contributed by atoms with Gasteiger partial charge in [-0.3, -0.25) is 0 Å². The van der Waals surface area contributed by atoms with Crippen molar-refractivity contribution in [3.8, 4) is 0 Å². The second kappa shape index (κ2) is 4.58. The molecule has 1 atom stereocenters. The van der Waals surface area contributed by atoms with Gasteiger partial charge in [0.15, 0.2) is 17.3 Å². The van der Waals surface area contributed by atoms with E-state index in [0.717, 1.165) is 17.9 Å². The van der Waals surface area contributed by atoms with E-state index in [9.17, 15) is 0 Å². The first kappa shape index (κ1) is 11.7. The maximum Gasteiger partial charge on any atom is 0.180 e. The van der Waals surface area contributed by atoms with Gasteiger partial charge in [-0.25, -0.2) is 15.8 Å². The monoisotopic (exact) mass is 234 g/mol. The van der Waals surface area contributed by atoms with Crippen molar-refractivity contribution in [1.29, 1.82) is 0 Å². The van der Waals surface area contributed by atoms with E-state index >= 15 is 0 Å². The third-order valence-electron chi connectivity index (χ3n) is 3.09. The minimum atomic E-state index is 0.399. The molecule has 0 fully saturated rings. The SMILES string of the molecule is CCC(C)N(C)c1nc(NN)cn2ccnc12. The van der Waals surface area contributed by atoms with Crippen LogP contribution in [-0.2, 0) is 0 Å². The van der Waals surface area contributed by atoms with Crippen molar-refractivity contribution in [2.75, 3.05) is 17.4 Å². The number of hydrazine groups is 1. The second-order valence-corrected chi connectivity index (χ2v) is 4.12. The lowest BCUT2D eigenvalue weighted by Crippen LogP contribution is -2.29. The zero-order chi connectivity index (χ0) is 12.4. The fourth-order valence-electron chi connectivity index (χ4n) is 1.70. The molecule has 2 heterocycles. The molecule has 2 aromatic heterocycles. The Bertz CT molecular complexity index is 506. The molecule has 0 spiro atoms. The quantitative estimate of drug-likeness (QED) is 0.615. The van der Waals surface area contributed by atoms with Gasteiger partial charge in [-0.05, 0) is 13.3 Å². The van der Waals surface area contributed by atoms with Gasteiger partial charge in [0.1, 0.15) is 0 Å². The standard InChI is InChI=1S/C11H18N6/c1-4-8(2)16(3)11-10-13-5-6-17(10)7-9(14-11)15-12/h5-8,15H,4,12H2,1-3H3. The van der Waals surface area contributed by atoms with Crippen molar-refractivity contribution < 1.29 is 0 Å². The zero-order valence-electron chi connectivity index (χ0n) is 10.4. The lowest BCUT2D eigenvalue weighted by atomic mass is 10.2. The van der Waals surface area contributed by atoms with Gasteiger partial charge in [-0.1, -0.05) is 6.92 Å². The third-order valence-corrected chi connectivity index (χ3v) is 3.09. The largest absolute Gasteiger partial charge is 0.354 e. The van der Waals surface area contributed by atoms with E-state index in [-0.39, 0.29) is 0 Å². The number of fused-ring (bicyclic) bond motifs is 1. The van der Waals surface area contributed by atoms with Crippen molar-refractivity contribution in [3.05, 3.63) is 18.6 Å². The number of aromatic nitrogens is 3. The maximum atomic E-state index is 5.42. The van der Waals surface area contributed by atoms with Crippen LogP contribution in [0.4, 0.5) is 11.6 Å². The molecular formula is C11H18N6. The average Bonchev–Trinajstić information content (AvgIpc) is 2.83. The van der Waals surface area contributed by atoms with Gasteiger partial charge in [-0.15, -0.1) is 0 Å². The van der Waals surface area contributed by atoms with Gasteiger partial charge in [0.25, 0.3) is 0 Å². The van der Waals surface area contributed by atoms with Gasteiger partial charge in [0, 0.05) is 25.5 Å². The number of hydrogen-bond acceptors (Lipinski definition) is 5. The Labute approximate surface area is 100 Å². The Morgan fingerprint density at radius 1 is 1.59 bits per heavy atom. The van der Waals surface area contributed by atoms with Gasteiger partial charge in [0.2, 0.25) is 0 Å². The highest BCUT2D eigenvalue weighted by atomic mass is 15.3. The first-order valence-corrected chi connectivity index (χ1v) is 5.70. The molecule has 0 saturated heterocycles. The lowest BCUT2D eigenvalue weighted by Gasteiger charge is -2.25. The van der Waals surface area contributed by atoms with Gasteiger partial charge >= 0.3 is 0 Å². The molecule has 0 aliphatic carbocycles. The molecule has 0 aliphatic heterocycles. The van der Waals surface area contributed by atoms with Gasteiger partial charge in [-0.2, -0.15) is 0 Å². The summed E-state index contributed by atoms with van der Waals surface area (Å²) >= 11 is 0. The van der Waals surface area contributed by atoms with Crippen LogP contribution in [0, 0.1) is 0 Å². The number of hydrogen-bond donors (Lipinski definition) is 2. The normalized spacial score (nSPS) is 12.7. The highest BCUT2D eigenvalue weighted by Gasteiger charge is 2.15. The molecule has 0 radical (unpaired) electrons. The smallest absolute Gasteiger partial charge is 0.180 e. The van der Waals surface area contributed by atoms with Crippen LogP contribution in [-0.4, -0.2) is 27.5 Å². The van der Waals surface area contributed by atoms with E-state index in [1.807, 2.05) is 23.8 Å². The summed E-state index contributed by atoms with van der Waals surface area (Å²) < 4.78 is 1.91. The van der Waals surface area contributed by atoms with Gasteiger partial charge < -0.3 is 14.7 Å². The summed E-state index contributed by atoms with van der Waals surface area (Å²) in [5.41, 5.74) is 3.41. The van der Waals surface area contributed by atoms with Crippen LogP contribution in [0.3, 0.4) is 0 Å². The molecule has 2 rings (SSSR count). The summed E-state index contributed by atoms with van der Waals surface area (Å²) in [6.07, 6.45) is 6.50. The molecule has 0 aliphatic rings. The van der Waals surface area contributed by atoms with Crippen LogP contribution in [0.1, 0.15) is 20.3 Å². The average molecular weight is 234 g/mol. The van der Waals surface area contributed by atoms with Crippen molar-refractivity contribution in [2.45, 2.75) is 26.3 Å². The van der Waals surface area contributed by atoms with Crippen LogP contribution in [0.2, 0.25) is 0 Å². The zero-order valence-corrected chi connectivity index (χ0v) is 10.4. The predicted octanol–water partition coefficient (Wildman–Crippen LogP) is 1.25. The number of imidazole rings is 1. The molecule has 0 saturated carbocycles. The molecule has 3 N–H and O–H groups in total. The fraction of sp³-hybridized carbons (Fsp3) is 0.455. The van der Waals surface area contributed by atoms with E-state index in [0.29, 0.717) is 11.9 Å². The highest BCUT2D eigenvalue weighted by Crippen LogP contribution is 2.21. The summed E-state index contributed by atoms with van der Waals surface area (Å²) in [5, 5.41) is 0. The Balaban J connectivity index is 2.53. The Hall–Kier alpha value is -1.82. The molecule has 1 unspecified atom stereocenters. The molecule has 2 aromatic rings. The molecule has 17 heavy (non-hydrogen) atoms. The molecule has 0 bridgehead atoms. The number of rotatable bonds is 4. The second-order valence-electron chi connectivity index (χ2n) is 4.12. The number of nitrogens with two attached hydrogens (primary N) is 1. The number of anilines is 2. The van der Waals surface area contributed by atoms with E-state index in [1.165, 1.54) is 0 Å². The summed E-state index contributed by atoms with van der Waals surface area (Å²) in [6, 6.07) is 0.399. The molecular weight excluding hydrogens is 216 g/mol. The van der Waals surface area contributed by atoms with Gasteiger partial charge in [0.05, 0.1) is 6.20 Å². The van der Waals surface area contributed by atoms with Crippen molar-refractivity contribution in [2.24, 2.45) is 5.84 Å². The minimum absolute atomic E-state index is 0.399. The number of nitrogens with zero attached hydrogens (tertiary/aromatic N) is 4. The molecule has 6 nitrogen and oxygen atoms in total.